The van der Waals surface area contributed by atoms with Crippen molar-refractivity contribution in [2.24, 2.45) is 5.73 Å². The Hall–Kier alpha value is -0.350. The van der Waals surface area contributed by atoms with E-state index in [4.69, 9.17) is 28.9 Å². The Balaban J connectivity index is 3.01. The lowest BCUT2D eigenvalue weighted by atomic mass is 10.1. The van der Waals surface area contributed by atoms with E-state index in [1.54, 1.807) is 6.92 Å². The lowest BCUT2D eigenvalue weighted by Gasteiger charge is -2.14. The summed E-state index contributed by atoms with van der Waals surface area (Å²) in [7, 11) is 0. The van der Waals surface area contributed by atoms with E-state index < -0.39 is 12.1 Å². The largest absolute Gasteiger partial charge is 0.385 e. The van der Waals surface area contributed by atoms with Gasteiger partial charge in [-0.1, -0.05) is 23.2 Å². The highest BCUT2D eigenvalue weighted by molar-refractivity contribution is 6.34. The van der Waals surface area contributed by atoms with Crippen molar-refractivity contribution >= 4 is 23.2 Å². The molecule has 1 aromatic rings. The molecule has 13 heavy (non-hydrogen) atoms. The Morgan fingerprint density at radius 1 is 1.54 bits per heavy atom. The van der Waals surface area contributed by atoms with Crippen LogP contribution >= 0.6 is 23.2 Å². The van der Waals surface area contributed by atoms with Crippen LogP contribution in [0.15, 0.2) is 12.3 Å². The van der Waals surface area contributed by atoms with Gasteiger partial charge in [-0.25, -0.2) is 0 Å². The second-order valence-electron chi connectivity index (χ2n) is 2.82. The minimum absolute atomic E-state index is 0.331. The zero-order valence-corrected chi connectivity index (χ0v) is 8.55. The fourth-order valence-corrected chi connectivity index (χ4v) is 1.38. The summed E-state index contributed by atoms with van der Waals surface area (Å²) in [5.74, 6) is 0. The van der Waals surface area contributed by atoms with Crippen LogP contribution in [0.1, 0.15) is 18.7 Å². The predicted molar refractivity (Wildman–Crippen MR) is 52.9 cm³/mol. The summed E-state index contributed by atoms with van der Waals surface area (Å²) in [6, 6.07) is 1.11. The van der Waals surface area contributed by atoms with Crippen LogP contribution in [0.4, 0.5) is 0 Å². The number of hydrogen-bond acceptors (Lipinski definition) is 3. The van der Waals surface area contributed by atoms with Crippen molar-refractivity contribution in [1.29, 1.82) is 0 Å². The summed E-state index contributed by atoms with van der Waals surface area (Å²) in [4.78, 5) is 3.91. The number of nitrogens with two attached hydrogens (primary N) is 1. The Kier molecular flexibility index (Phi) is 3.50. The zero-order chi connectivity index (χ0) is 10.0. The summed E-state index contributed by atoms with van der Waals surface area (Å²) < 4.78 is 0. The number of halogens is 2. The quantitative estimate of drug-likeness (QED) is 0.799. The highest BCUT2D eigenvalue weighted by Crippen LogP contribution is 2.24. The number of aliphatic hydroxyl groups excluding tert-OH is 1. The summed E-state index contributed by atoms with van der Waals surface area (Å²) in [5.41, 5.74) is 5.86. The lowest BCUT2D eigenvalue weighted by molar-refractivity contribution is 0.149. The normalized spacial score (nSPS) is 15.5. The van der Waals surface area contributed by atoms with Gasteiger partial charge >= 0.3 is 0 Å². The first-order valence-electron chi connectivity index (χ1n) is 3.77. The summed E-state index contributed by atoms with van der Waals surface area (Å²) in [6.45, 7) is 1.68. The molecule has 0 bridgehead atoms. The molecule has 1 heterocycles. The van der Waals surface area contributed by atoms with Gasteiger partial charge in [-0.2, -0.15) is 0 Å². The summed E-state index contributed by atoms with van der Waals surface area (Å²) in [6.07, 6.45) is 0.568. The van der Waals surface area contributed by atoms with E-state index >= 15 is 0 Å². The number of rotatable bonds is 2. The summed E-state index contributed by atoms with van der Waals surface area (Å²) >= 11 is 11.4. The first-order valence-corrected chi connectivity index (χ1v) is 4.52. The van der Waals surface area contributed by atoms with Crippen molar-refractivity contribution in [3.63, 3.8) is 0 Å². The second-order valence-corrected chi connectivity index (χ2v) is 3.67. The zero-order valence-electron chi connectivity index (χ0n) is 7.04. The van der Waals surface area contributed by atoms with Crippen molar-refractivity contribution < 1.29 is 5.11 Å². The Labute approximate surface area is 86.5 Å². The third kappa shape index (κ3) is 2.54. The fraction of sp³-hybridized carbons (Fsp3) is 0.375. The molecule has 0 aliphatic rings. The highest BCUT2D eigenvalue weighted by Gasteiger charge is 2.17. The molecule has 0 aliphatic carbocycles. The van der Waals surface area contributed by atoms with Crippen LogP contribution in [-0.4, -0.2) is 16.1 Å². The number of aliphatic hydroxyl groups is 1. The molecular formula is C8H10Cl2N2O. The fourth-order valence-electron chi connectivity index (χ4n) is 0.892. The second kappa shape index (κ2) is 4.24. The van der Waals surface area contributed by atoms with Gasteiger partial charge in [-0.05, 0) is 13.0 Å². The van der Waals surface area contributed by atoms with Gasteiger partial charge in [-0.3, -0.25) is 4.98 Å². The third-order valence-corrected chi connectivity index (χ3v) is 2.12. The molecule has 0 aliphatic heterocycles. The topological polar surface area (TPSA) is 59.1 Å². The van der Waals surface area contributed by atoms with Crippen molar-refractivity contribution in [3.8, 4) is 0 Å². The van der Waals surface area contributed by atoms with Gasteiger partial charge in [0.25, 0.3) is 0 Å². The lowest BCUT2D eigenvalue weighted by Crippen LogP contribution is -2.25. The molecule has 1 aromatic heterocycles. The van der Waals surface area contributed by atoms with Crippen LogP contribution in [0, 0.1) is 0 Å². The maximum absolute atomic E-state index is 9.55. The van der Waals surface area contributed by atoms with Gasteiger partial charge in [0.05, 0.1) is 15.7 Å². The van der Waals surface area contributed by atoms with Gasteiger partial charge in [0.15, 0.2) is 0 Å². The van der Waals surface area contributed by atoms with E-state index in [1.165, 1.54) is 12.3 Å². The maximum Gasteiger partial charge on any atom is 0.112 e. The predicted octanol–water partition coefficient (Wildman–Crippen LogP) is 1.77. The van der Waals surface area contributed by atoms with Gasteiger partial charge in [0.2, 0.25) is 0 Å². The molecule has 0 saturated heterocycles. The molecule has 2 atom stereocenters. The van der Waals surface area contributed by atoms with Crippen LogP contribution in [0.5, 0.6) is 0 Å². The van der Waals surface area contributed by atoms with E-state index in [0.717, 1.165) is 0 Å². The minimum atomic E-state index is -0.857. The van der Waals surface area contributed by atoms with Gasteiger partial charge < -0.3 is 10.8 Å². The molecule has 1 rings (SSSR count). The number of pyridine rings is 1. The Bertz CT molecular complexity index is 304. The molecule has 3 N–H and O–H groups in total. The van der Waals surface area contributed by atoms with Crippen LogP contribution in [0.2, 0.25) is 10.0 Å². The standard InChI is InChI=1S/C8H10Cl2N2O/c1-4(11)8(13)7-6(10)2-5(9)3-12-7/h2-4,8,13H,11H2,1H3/t4-,8-/m0/s1. The number of hydrogen-bond donors (Lipinski definition) is 2. The molecule has 0 radical (unpaired) electrons. The molecule has 0 unspecified atom stereocenters. The molecule has 0 amide bonds. The van der Waals surface area contributed by atoms with E-state index in [-0.39, 0.29) is 0 Å². The molecule has 3 nitrogen and oxygen atoms in total. The third-order valence-electron chi connectivity index (χ3n) is 1.61. The number of aromatic nitrogens is 1. The average Bonchev–Trinajstić information content (AvgIpc) is 2.03. The van der Waals surface area contributed by atoms with E-state index in [9.17, 15) is 5.11 Å². The Morgan fingerprint density at radius 3 is 2.62 bits per heavy atom. The highest BCUT2D eigenvalue weighted by atomic mass is 35.5. The monoisotopic (exact) mass is 220 g/mol. The average molecular weight is 221 g/mol. The SMILES string of the molecule is C[C@H](N)[C@H](O)c1ncc(Cl)cc1Cl. The van der Waals surface area contributed by atoms with Crippen molar-refractivity contribution in [1.82, 2.24) is 4.98 Å². The first kappa shape index (κ1) is 10.7. The smallest absolute Gasteiger partial charge is 0.112 e. The van der Waals surface area contributed by atoms with Crippen molar-refractivity contribution in [2.45, 2.75) is 19.1 Å². The molecular weight excluding hydrogens is 211 g/mol. The van der Waals surface area contributed by atoms with Crippen molar-refractivity contribution in [3.05, 3.63) is 28.0 Å². The number of nitrogens with zero attached hydrogens (tertiary/aromatic N) is 1. The Morgan fingerprint density at radius 2 is 2.15 bits per heavy atom. The van der Waals surface area contributed by atoms with Crippen LogP contribution in [0.25, 0.3) is 0 Å². The van der Waals surface area contributed by atoms with Gasteiger partial charge in [0, 0.05) is 12.2 Å². The molecule has 5 heteroatoms. The van der Waals surface area contributed by atoms with Crippen LogP contribution in [-0.2, 0) is 0 Å². The minimum Gasteiger partial charge on any atom is -0.385 e. The van der Waals surface area contributed by atoms with Crippen LogP contribution < -0.4 is 5.73 Å². The molecule has 0 spiro atoms. The maximum atomic E-state index is 9.55. The molecule has 0 saturated carbocycles. The van der Waals surface area contributed by atoms with E-state index in [1.807, 2.05) is 0 Å². The molecule has 72 valence electrons. The van der Waals surface area contributed by atoms with E-state index in [2.05, 4.69) is 4.98 Å². The molecule has 0 fully saturated rings. The van der Waals surface area contributed by atoms with Crippen LogP contribution in [0.3, 0.4) is 0 Å². The first-order chi connectivity index (χ1) is 6.02. The van der Waals surface area contributed by atoms with Crippen molar-refractivity contribution in [2.75, 3.05) is 0 Å². The van der Waals surface area contributed by atoms with Gasteiger partial charge in [0.1, 0.15) is 6.10 Å². The molecule has 0 aromatic carbocycles. The summed E-state index contributed by atoms with van der Waals surface area (Å²) in [5, 5.41) is 10.3. The van der Waals surface area contributed by atoms with E-state index in [0.29, 0.717) is 15.7 Å². The van der Waals surface area contributed by atoms with Gasteiger partial charge in [-0.15, -0.1) is 0 Å².